The fourth-order valence-electron chi connectivity index (χ4n) is 3.13. The smallest absolute Gasteiger partial charge is 0.326 e. The molecule has 15 nitrogen and oxygen atoms in total. The first-order valence-electron chi connectivity index (χ1n) is 11.3. The first kappa shape index (κ1) is 30.8. The third-order valence-corrected chi connectivity index (χ3v) is 5.06. The maximum atomic E-state index is 12.8. The van der Waals surface area contributed by atoms with Crippen molar-refractivity contribution in [3.63, 3.8) is 0 Å². The van der Waals surface area contributed by atoms with Crippen molar-refractivity contribution < 1.29 is 34.2 Å². The summed E-state index contributed by atoms with van der Waals surface area (Å²) in [7, 11) is 0. The number of hydrogen-bond acceptors (Lipinski definition) is 8. The number of aliphatic hydroxyl groups is 1. The van der Waals surface area contributed by atoms with Gasteiger partial charge in [-0.05, 0) is 18.4 Å². The van der Waals surface area contributed by atoms with Crippen LogP contribution >= 0.6 is 0 Å². The van der Waals surface area contributed by atoms with E-state index in [1.54, 1.807) is 30.3 Å². The molecule has 0 fully saturated rings. The standard InChI is InChI=1S/C22H34N8O7/c23-13(7-4-8-27-22(25)26)18(33)30-16(11-31)20(35)28-14(10-17(24)32)19(34)29-15(21(36)37)9-12-5-2-1-3-6-12/h1-3,5-6,13-16,31H,4,7-11,23H2,(H2,24,32)(H,28,35)(H,29,34)(H,30,33)(H,36,37)(H4,25,26,27). The Labute approximate surface area is 213 Å². The van der Waals surface area contributed by atoms with Crippen molar-refractivity contribution in [2.45, 2.75) is 49.9 Å². The van der Waals surface area contributed by atoms with E-state index in [2.05, 4.69) is 20.9 Å². The van der Waals surface area contributed by atoms with Gasteiger partial charge in [-0.2, -0.15) is 0 Å². The van der Waals surface area contributed by atoms with Crippen molar-refractivity contribution in [2.75, 3.05) is 13.2 Å². The highest BCUT2D eigenvalue weighted by atomic mass is 16.4. The molecule has 0 radical (unpaired) electrons. The van der Waals surface area contributed by atoms with Crippen LogP contribution in [-0.2, 0) is 30.4 Å². The molecule has 4 unspecified atom stereocenters. The number of carboxylic acids is 1. The number of hydrogen-bond donors (Lipinski definition) is 9. The minimum Gasteiger partial charge on any atom is -0.480 e. The van der Waals surface area contributed by atoms with Crippen LogP contribution in [0.4, 0.5) is 0 Å². The van der Waals surface area contributed by atoms with E-state index >= 15 is 0 Å². The van der Waals surface area contributed by atoms with Crippen LogP contribution in [0.1, 0.15) is 24.8 Å². The van der Waals surface area contributed by atoms with E-state index in [0.29, 0.717) is 12.0 Å². The molecule has 0 bridgehead atoms. The van der Waals surface area contributed by atoms with Gasteiger partial charge in [0.05, 0.1) is 19.1 Å². The lowest BCUT2D eigenvalue weighted by atomic mass is 10.0. The molecule has 0 saturated carbocycles. The first-order chi connectivity index (χ1) is 17.4. The number of carbonyl (C=O) groups is 5. The van der Waals surface area contributed by atoms with E-state index in [4.69, 9.17) is 22.9 Å². The van der Waals surface area contributed by atoms with E-state index in [1.807, 2.05) is 0 Å². The number of amides is 4. The number of nitrogens with zero attached hydrogens (tertiary/aromatic N) is 1. The Kier molecular flexibility index (Phi) is 13.1. The normalized spacial score (nSPS) is 13.8. The number of carboxylic acid groups (broad SMARTS) is 1. The number of carbonyl (C=O) groups excluding carboxylic acids is 4. The van der Waals surface area contributed by atoms with Gasteiger partial charge in [-0.25, -0.2) is 4.79 Å². The van der Waals surface area contributed by atoms with Crippen molar-refractivity contribution in [1.29, 1.82) is 0 Å². The molecule has 0 saturated heterocycles. The second-order valence-corrected chi connectivity index (χ2v) is 8.12. The number of rotatable bonds is 16. The van der Waals surface area contributed by atoms with Crippen LogP contribution in [0.2, 0.25) is 0 Å². The van der Waals surface area contributed by atoms with Gasteiger partial charge in [0.1, 0.15) is 18.1 Å². The molecule has 0 aliphatic carbocycles. The second kappa shape index (κ2) is 15.7. The maximum absolute atomic E-state index is 12.8. The fourth-order valence-corrected chi connectivity index (χ4v) is 3.13. The molecule has 1 aromatic carbocycles. The summed E-state index contributed by atoms with van der Waals surface area (Å²) in [6.07, 6.45) is -0.175. The monoisotopic (exact) mass is 522 g/mol. The number of guanidine groups is 1. The van der Waals surface area contributed by atoms with Gasteiger partial charge < -0.3 is 49.1 Å². The van der Waals surface area contributed by atoms with Crippen LogP contribution in [0.25, 0.3) is 0 Å². The van der Waals surface area contributed by atoms with E-state index < -0.39 is 66.8 Å². The van der Waals surface area contributed by atoms with Crippen molar-refractivity contribution >= 4 is 35.6 Å². The molecule has 0 heterocycles. The van der Waals surface area contributed by atoms with Crippen LogP contribution in [0.5, 0.6) is 0 Å². The zero-order valence-electron chi connectivity index (χ0n) is 20.1. The number of benzene rings is 1. The SMILES string of the molecule is NC(=O)CC(NC(=O)C(CO)NC(=O)C(N)CCCN=C(N)N)C(=O)NC(Cc1ccccc1)C(=O)O. The lowest BCUT2D eigenvalue weighted by molar-refractivity contribution is -0.142. The minimum absolute atomic E-state index is 0.0600. The topological polar surface area (TPSA) is 278 Å². The molecule has 1 rings (SSSR count). The van der Waals surface area contributed by atoms with Crippen molar-refractivity contribution in [3.8, 4) is 0 Å². The van der Waals surface area contributed by atoms with Gasteiger partial charge in [0.2, 0.25) is 23.6 Å². The first-order valence-corrected chi connectivity index (χ1v) is 11.3. The molecule has 13 N–H and O–H groups in total. The average Bonchev–Trinajstić information content (AvgIpc) is 2.83. The summed E-state index contributed by atoms with van der Waals surface area (Å²) in [6, 6.07) is 2.99. The number of aliphatic imine (C=N–C) groups is 1. The van der Waals surface area contributed by atoms with Crippen LogP contribution in [0.15, 0.2) is 35.3 Å². The summed E-state index contributed by atoms with van der Waals surface area (Å²) in [4.78, 5) is 64.6. The Bertz CT molecular complexity index is 969. The number of nitrogens with one attached hydrogen (secondary N) is 3. The van der Waals surface area contributed by atoms with Crippen LogP contribution in [-0.4, -0.2) is 83.1 Å². The van der Waals surface area contributed by atoms with Crippen molar-refractivity contribution in [2.24, 2.45) is 27.9 Å². The Balaban J connectivity index is 2.82. The van der Waals surface area contributed by atoms with E-state index in [1.165, 1.54) is 0 Å². The second-order valence-electron chi connectivity index (χ2n) is 8.12. The lowest BCUT2D eigenvalue weighted by Crippen LogP contribution is -2.58. The highest BCUT2D eigenvalue weighted by Crippen LogP contribution is 2.05. The molecule has 0 aliphatic heterocycles. The summed E-state index contributed by atoms with van der Waals surface area (Å²) in [6.45, 7) is -0.617. The Morgan fingerprint density at radius 3 is 1.97 bits per heavy atom. The van der Waals surface area contributed by atoms with Gasteiger partial charge >= 0.3 is 5.97 Å². The Hall–Kier alpha value is -4.24. The van der Waals surface area contributed by atoms with Gasteiger partial charge in [-0.3, -0.25) is 24.2 Å². The third kappa shape index (κ3) is 11.8. The number of nitrogens with two attached hydrogens (primary N) is 4. The van der Waals surface area contributed by atoms with Crippen LogP contribution in [0.3, 0.4) is 0 Å². The quantitative estimate of drug-likeness (QED) is 0.0576. The van der Waals surface area contributed by atoms with E-state index in [-0.39, 0.29) is 25.3 Å². The van der Waals surface area contributed by atoms with Crippen molar-refractivity contribution in [3.05, 3.63) is 35.9 Å². The Morgan fingerprint density at radius 1 is 0.865 bits per heavy atom. The zero-order chi connectivity index (χ0) is 28.0. The number of aliphatic carboxylic acids is 1. The van der Waals surface area contributed by atoms with E-state index in [0.717, 1.165) is 0 Å². The maximum Gasteiger partial charge on any atom is 0.326 e. The fraction of sp³-hybridized carbons (Fsp3) is 0.455. The molecule has 15 heteroatoms. The van der Waals surface area contributed by atoms with E-state index in [9.17, 15) is 34.2 Å². The van der Waals surface area contributed by atoms with Crippen molar-refractivity contribution in [1.82, 2.24) is 16.0 Å². The minimum atomic E-state index is -1.57. The average molecular weight is 523 g/mol. The molecular weight excluding hydrogens is 488 g/mol. The molecule has 1 aromatic rings. The summed E-state index contributed by atoms with van der Waals surface area (Å²) in [5.74, 6) is -5.17. The van der Waals surface area contributed by atoms with Crippen LogP contribution in [0, 0.1) is 0 Å². The van der Waals surface area contributed by atoms with Gasteiger partial charge in [0.15, 0.2) is 5.96 Å². The molecule has 37 heavy (non-hydrogen) atoms. The van der Waals surface area contributed by atoms with Gasteiger partial charge in [-0.1, -0.05) is 30.3 Å². The van der Waals surface area contributed by atoms with Gasteiger partial charge in [-0.15, -0.1) is 0 Å². The molecule has 204 valence electrons. The van der Waals surface area contributed by atoms with Gasteiger partial charge in [0, 0.05) is 13.0 Å². The molecule has 0 spiro atoms. The molecule has 4 amide bonds. The molecule has 4 atom stereocenters. The summed E-state index contributed by atoms with van der Waals surface area (Å²) in [5, 5.41) is 25.8. The number of primary amides is 1. The lowest BCUT2D eigenvalue weighted by Gasteiger charge is -2.24. The highest BCUT2D eigenvalue weighted by Gasteiger charge is 2.31. The Morgan fingerprint density at radius 2 is 1.43 bits per heavy atom. The van der Waals surface area contributed by atoms with Gasteiger partial charge in [0.25, 0.3) is 0 Å². The number of aliphatic hydroxyl groups excluding tert-OH is 1. The molecular formula is C22H34N8O7. The molecule has 0 aromatic heterocycles. The molecule has 0 aliphatic rings. The third-order valence-electron chi connectivity index (χ3n) is 5.06. The predicted octanol–water partition coefficient (Wildman–Crippen LogP) is -3.98. The largest absolute Gasteiger partial charge is 0.480 e. The summed E-state index contributed by atoms with van der Waals surface area (Å²) < 4.78 is 0. The predicted molar refractivity (Wildman–Crippen MR) is 132 cm³/mol. The summed E-state index contributed by atoms with van der Waals surface area (Å²) >= 11 is 0. The highest BCUT2D eigenvalue weighted by molar-refractivity contribution is 5.96. The van der Waals surface area contributed by atoms with Crippen LogP contribution < -0.4 is 38.9 Å². The summed E-state index contributed by atoms with van der Waals surface area (Å²) in [5.41, 5.74) is 22.0. The zero-order valence-corrected chi connectivity index (χ0v) is 20.1.